The van der Waals surface area contributed by atoms with Crippen molar-refractivity contribution in [1.82, 2.24) is 5.43 Å². The molecule has 0 saturated carbocycles. The Hall–Kier alpha value is -1.94. The van der Waals surface area contributed by atoms with Gasteiger partial charge in [0.15, 0.2) is 0 Å². The minimum absolute atomic E-state index is 0.0781. The van der Waals surface area contributed by atoms with Crippen molar-refractivity contribution in [3.63, 3.8) is 0 Å². The van der Waals surface area contributed by atoms with Crippen LogP contribution < -0.4 is 5.43 Å². The molecule has 2 rings (SSSR count). The fourth-order valence-corrected chi connectivity index (χ4v) is 2.16. The summed E-state index contributed by atoms with van der Waals surface area (Å²) < 4.78 is 1.01. The molecule has 0 radical (unpaired) electrons. The lowest BCUT2D eigenvalue weighted by molar-refractivity contribution is 0.0955. The van der Waals surface area contributed by atoms with E-state index in [1.54, 1.807) is 6.21 Å². The Kier molecular flexibility index (Phi) is 5.14. The molecule has 0 aliphatic rings. The first-order valence-corrected chi connectivity index (χ1v) is 7.85. The Morgan fingerprint density at radius 3 is 2.18 bits per heavy atom. The van der Waals surface area contributed by atoms with Crippen molar-refractivity contribution in [1.29, 1.82) is 0 Å². The van der Waals surface area contributed by atoms with Gasteiger partial charge in [-0.25, -0.2) is 5.43 Å². The van der Waals surface area contributed by atoms with Crippen LogP contribution in [-0.2, 0) is 5.41 Å². The van der Waals surface area contributed by atoms with Crippen LogP contribution in [0.4, 0.5) is 0 Å². The van der Waals surface area contributed by atoms with E-state index in [-0.39, 0.29) is 11.3 Å². The first kappa shape index (κ1) is 16.4. The van der Waals surface area contributed by atoms with Crippen LogP contribution in [0.25, 0.3) is 0 Å². The zero-order valence-corrected chi connectivity index (χ0v) is 14.5. The fourth-order valence-electron chi connectivity index (χ4n) is 1.90. The second-order valence-electron chi connectivity index (χ2n) is 6.08. The zero-order chi connectivity index (χ0) is 16.2. The Bertz CT molecular complexity index is 668. The van der Waals surface area contributed by atoms with Gasteiger partial charge in [0.25, 0.3) is 5.91 Å². The van der Waals surface area contributed by atoms with Gasteiger partial charge in [-0.15, -0.1) is 0 Å². The number of hydrogen-bond acceptors (Lipinski definition) is 2. The van der Waals surface area contributed by atoms with Crippen LogP contribution in [-0.4, -0.2) is 12.1 Å². The molecule has 0 aliphatic carbocycles. The maximum absolute atomic E-state index is 12.0. The van der Waals surface area contributed by atoms with Crippen LogP contribution in [0.3, 0.4) is 0 Å². The van der Waals surface area contributed by atoms with E-state index in [0.717, 1.165) is 10.0 Å². The Labute approximate surface area is 139 Å². The third-order valence-corrected chi connectivity index (χ3v) is 3.79. The molecule has 1 N–H and O–H groups in total. The van der Waals surface area contributed by atoms with Gasteiger partial charge >= 0.3 is 0 Å². The smallest absolute Gasteiger partial charge is 0.267 e. The summed E-state index contributed by atoms with van der Waals surface area (Å²) >= 11 is 3.37. The molecular weight excluding hydrogens is 340 g/mol. The van der Waals surface area contributed by atoms with Crippen molar-refractivity contribution < 1.29 is 4.79 Å². The fraction of sp³-hybridized carbons (Fsp3) is 0.222. The van der Waals surface area contributed by atoms with Crippen LogP contribution in [0.2, 0.25) is 0 Å². The summed E-state index contributed by atoms with van der Waals surface area (Å²) in [6.07, 6.45) is 1.62. The van der Waals surface area contributed by atoms with Gasteiger partial charge in [0.05, 0.1) is 6.21 Å². The number of hydrogen-bond donors (Lipinski definition) is 1. The lowest BCUT2D eigenvalue weighted by atomic mass is 9.87. The van der Waals surface area contributed by atoms with E-state index in [1.165, 1.54) is 5.56 Å². The molecule has 0 bridgehead atoms. The molecule has 0 heterocycles. The molecule has 4 heteroatoms. The number of carbonyl (C=O) groups excluding carboxylic acids is 1. The lowest BCUT2D eigenvalue weighted by Gasteiger charge is -2.18. The van der Waals surface area contributed by atoms with E-state index in [4.69, 9.17) is 0 Å². The Balaban J connectivity index is 1.99. The van der Waals surface area contributed by atoms with Crippen LogP contribution >= 0.6 is 15.9 Å². The molecule has 0 aromatic heterocycles. The summed E-state index contributed by atoms with van der Waals surface area (Å²) in [6.45, 7) is 6.43. The summed E-state index contributed by atoms with van der Waals surface area (Å²) in [5, 5.41) is 3.98. The maximum atomic E-state index is 12.0. The predicted molar refractivity (Wildman–Crippen MR) is 94.3 cm³/mol. The van der Waals surface area contributed by atoms with Crippen molar-refractivity contribution in [3.05, 3.63) is 69.7 Å². The first-order chi connectivity index (χ1) is 10.4. The highest BCUT2D eigenvalue weighted by molar-refractivity contribution is 9.10. The second kappa shape index (κ2) is 6.88. The van der Waals surface area contributed by atoms with Gasteiger partial charge in [0, 0.05) is 10.0 Å². The van der Waals surface area contributed by atoms with Gasteiger partial charge in [0.2, 0.25) is 0 Å². The number of rotatable bonds is 3. The molecule has 3 nitrogen and oxygen atoms in total. The number of amides is 1. The molecule has 2 aromatic carbocycles. The van der Waals surface area contributed by atoms with Gasteiger partial charge in [-0.1, -0.05) is 61.0 Å². The quantitative estimate of drug-likeness (QED) is 0.636. The van der Waals surface area contributed by atoms with Crippen molar-refractivity contribution in [3.8, 4) is 0 Å². The highest BCUT2D eigenvalue weighted by Crippen LogP contribution is 2.22. The minimum atomic E-state index is -0.214. The van der Waals surface area contributed by atoms with E-state index in [0.29, 0.717) is 5.56 Å². The summed E-state index contributed by atoms with van der Waals surface area (Å²) in [5.41, 5.74) is 5.33. The molecule has 0 fully saturated rings. The van der Waals surface area contributed by atoms with Crippen molar-refractivity contribution in [2.24, 2.45) is 5.10 Å². The predicted octanol–water partition coefficient (Wildman–Crippen LogP) is 4.51. The molecule has 0 unspecified atom stereocenters. The standard InChI is InChI=1S/C18H19BrN2O/c1-18(2,3)15-8-6-14(7-9-15)17(22)21-20-12-13-4-10-16(19)11-5-13/h4-12H,1-3H3,(H,21,22). The number of carbonyl (C=O) groups is 1. The molecule has 0 spiro atoms. The summed E-state index contributed by atoms with van der Waals surface area (Å²) in [5.74, 6) is -0.214. The summed E-state index contributed by atoms with van der Waals surface area (Å²) in [4.78, 5) is 12.0. The van der Waals surface area contributed by atoms with Gasteiger partial charge in [-0.05, 0) is 40.8 Å². The number of hydrazone groups is 1. The molecule has 0 saturated heterocycles. The normalized spacial score (nSPS) is 11.6. The van der Waals surface area contributed by atoms with E-state index in [9.17, 15) is 4.79 Å². The topological polar surface area (TPSA) is 41.5 Å². The first-order valence-electron chi connectivity index (χ1n) is 7.06. The van der Waals surface area contributed by atoms with Crippen molar-refractivity contribution in [2.45, 2.75) is 26.2 Å². The van der Waals surface area contributed by atoms with E-state index >= 15 is 0 Å². The second-order valence-corrected chi connectivity index (χ2v) is 6.99. The zero-order valence-electron chi connectivity index (χ0n) is 12.9. The summed E-state index contributed by atoms with van der Waals surface area (Å²) in [6, 6.07) is 15.3. The highest BCUT2D eigenvalue weighted by atomic mass is 79.9. The van der Waals surface area contributed by atoms with Gasteiger partial charge in [0.1, 0.15) is 0 Å². The highest BCUT2D eigenvalue weighted by Gasteiger charge is 2.14. The summed E-state index contributed by atoms with van der Waals surface area (Å²) in [7, 11) is 0. The third-order valence-electron chi connectivity index (χ3n) is 3.26. The Morgan fingerprint density at radius 2 is 1.64 bits per heavy atom. The average molecular weight is 359 g/mol. The number of nitrogens with zero attached hydrogens (tertiary/aromatic N) is 1. The average Bonchev–Trinajstić information content (AvgIpc) is 2.48. The van der Waals surface area contributed by atoms with Gasteiger partial charge in [-0.2, -0.15) is 5.10 Å². The molecule has 0 atom stereocenters. The van der Waals surface area contributed by atoms with E-state index in [2.05, 4.69) is 47.2 Å². The molecule has 0 aliphatic heterocycles. The lowest BCUT2D eigenvalue weighted by Crippen LogP contribution is -2.18. The van der Waals surface area contributed by atoms with Crippen molar-refractivity contribution in [2.75, 3.05) is 0 Å². The van der Waals surface area contributed by atoms with Gasteiger partial charge in [-0.3, -0.25) is 4.79 Å². The number of nitrogens with one attached hydrogen (secondary N) is 1. The maximum Gasteiger partial charge on any atom is 0.271 e. The number of benzene rings is 2. The monoisotopic (exact) mass is 358 g/mol. The molecule has 114 valence electrons. The third kappa shape index (κ3) is 4.53. The SMILES string of the molecule is CC(C)(C)c1ccc(C(=O)NN=Cc2ccc(Br)cc2)cc1. The van der Waals surface area contributed by atoms with Crippen LogP contribution in [0.5, 0.6) is 0 Å². The minimum Gasteiger partial charge on any atom is -0.267 e. The van der Waals surface area contributed by atoms with Crippen LogP contribution in [0, 0.1) is 0 Å². The largest absolute Gasteiger partial charge is 0.271 e. The molecule has 1 amide bonds. The molecular formula is C18H19BrN2O. The van der Waals surface area contributed by atoms with Gasteiger partial charge < -0.3 is 0 Å². The van der Waals surface area contributed by atoms with Crippen molar-refractivity contribution >= 4 is 28.1 Å². The number of halogens is 1. The van der Waals surface area contributed by atoms with E-state index < -0.39 is 0 Å². The Morgan fingerprint density at radius 1 is 1.05 bits per heavy atom. The molecule has 2 aromatic rings. The molecule has 22 heavy (non-hydrogen) atoms. The van der Waals surface area contributed by atoms with Crippen LogP contribution in [0.1, 0.15) is 42.3 Å². The van der Waals surface area contributed by atoms with E-state index in [1.807, 2.05) is 48.5 Å². The van der Waals surface area contributed by atoms with Crippen LogP contribution in [0.15, 0.2) is 58.1 Å².